The van der Waals surface area contributed by atoms with Crippen LogP contribution in [-0.4, -0.2) is 16.8 Å². The van der Waals surface area contributed by atoms with E-state index in [4.69, 9.17) is 10.2 Å². The number of hydroxylamine groups is 1. The zero-order chi connectivity index (χ0) is 20.2. The first-order chi connectivity index (χ1) is 14.2. The van der Waals surface area contributed by atoms with Crippen LogP contribution in [0, 0.1) is 0 Å². The van der Waals surface area contributed by atoms with Gasteiger partial charge >= 0.3 is 0 Å². The Balaban J connectivity index is 1.53. The molecule has 4 nitrogen and oxygen atoms in total. The van der Waals surface area contributed by atoms with Crippen LogP contribution in [0.25, 0.3) is 10.8 Å². The summed E-state index contributed by atoms with van der Waals surface area (Å²) in [6.45, 7) is 2.18. The van der Waals surface area contributed by atoms with E-state index in [1.807, 2.05) is 12.1 Å². The van der Waals surface area contributed by atoms with Crippen molar-refractivity contribution >= 4 is 22.4 Å². The Kier molecular flexibility index (Phi) is 5.72. The fraction of sp³-hybridized carbons (Fsp3) is 0.280. The summed E-state index contributed by atoms with van der Waals surface area (Å²) in [6.07, 6.45) is 4.27. The number of hydrogen-bond acceptors (Lipinski definition) is 3. The molecule has 0 spiro atoms. The fourth-order valence-corrected chi connectivity index (χ4v) is 4.37. The highest BCUT2D eigenvalue weighted by atomic mass is 16.5. The highest BCUT2D eigenvalue weighted by molar-refractivity contribution is 5.93. The molecule has 2 atom stereocenters. The Hall–Kier alpha value is -2.98. The topological polar surface area (TPSA) is 61.7 Å². The average molecular weight is 386 g/mol. The Bertz CT molecular complexity index is 1030. The molecule has 0 bridgehead atoms. The van der Waals surface area contributed by atoms with Crippen LogP contribution < -0.4 is 5.48 Å². The summed E-state index contributed by atoms with van der Waals surface area (Å²) >= 11 is 0. The lowest BCUT2D eigenvalue weighted by molar-refractivity contribution is 0.0706. The number of aliphatic imine (C=N–C) groups is 1. The van der Waals surface area contributed by atoms with Crippen molar-refractivity contribution in [2.24, 2.45) is 4.99 Å². The number of hydrogen-bond donors (Lipinski definition) is 2. The molecule has 3 aromatic rings. The number of benzene rings is 3. The van der Waals surface area contributed by atoms with Crippen LogP contribution in [-0.2, 0) is 0 Å². The fourth-order valence-electron chi connectivity index (χ4n) is 4.37. The van der Waals surface area contributed by atoms with Gasteiger partial charge in [0.25, 0.3) is 5.91 Å². The lowest BCUT2D eigenvalue weighted by Crippen LogP contribution is -2.19. The van der Waals surface area contributed by atoms with Crippen molar-refractivity contribution in [1.82, 2.24) is 5.48 Å². The van der Waals surface area contributed by atoms with Gasteiger partial charge in [0.15, 0.2) is 0 Å². The van der Waals surface area contributed by atoms with E-state index in [9.17, 15) is 4.79 Å². The summed E-state index contributed by atoms with van der Waals surface area (Å²) in [4.78, 5) is 16.6. The maximum atomic E-state index is 11.5. The minimum Gasteiger partial charge on any atom is -0.288 e. The maximum absolute atomic E-state index is 11.5. The molecule has 0 saturated heterocycles. The average Bonchev–Trinajstić information content (AvgIpc) is 2.78. The van der Waals surface area contributed by atoms with Gasteiger partial charge in [0, 0.05) is 11.3 Å². The molecule has 3 aromatic carbocycles. The van der Waals surface area contributed by atoms with Gasteiger partial charge in [-0.15, -0.1) is 0 Å². The van der Waals surface area contributed by atoms with Crippen molar-refractivity contribution in [3.05, 3.63) is 83.4 Å². The van der Waals surface area contributed by atoms with Crippen molar-refractivity contribution < 1.29 is 10.0 Å². The number of carbonyl (C=O) groups is 1. The molecule has 4 heteroatoms. The number of carbonyl (C=O) groups excluding carboxylic acids is 1. The third kappa shape index (κ3) is 4.22. The predicted octanol–water partition coefficient (Wildman–Crippen LogP) is 5.82. The van der Waals surface area contributed by atoms with Crippen LogP contribution in [0.2, 0.25) is 0 Å². The molecule has 1 aliphatic rings. The second-order valence-electron chi connectivity index (χ2n) is 7.80. The highest BCUT2D eigenvalue weighted by Crippen LogP contribution is 2.34. The lowest BCUT2D eigenvalue weighted by atomic mass is 9.82. The summed E-state index contributed by atoms with van der Waals surface area (Å²) in [7, 11) is 0. The maximum Gasteiger partial charge on any atom is 0.274 e. The summed E-state index contributed by atoms with van der Waals surface area (Å²) in [5, 5.41) is 11.3. The highest BCUT2D eigenvalue weighted by Gasteiger charge is 2.21. The summed E-state index contributed by atoms with van der Waals surface area (Å²) in [6, 6.07) is 22.6. The molecule has 0 radical (unpaired) electrons. The van der Waals surface area contributed by atoms with E-state index in [0.717, 1.165) is 25.7 Å². The first kappa shape index (κ1) is 19.3. The van der Waals surface area contributed by atoms with Gasteiger partial charge in [-0.05, 0) is 72.6 Å². The second kappa shape index (κ2) is 8.58. The first-order valence-electron chi connectivity index (χ1n) is 10.2. The molecule has 0 aromatic heterocycles. The quantitative estimate of drug-likeness (QED) is 0.438. The molecule has 2 N–H and O–H groups in total. The van der Waals surface area contributed by atoms with E-state index in [2.05, 4.69) is 49.4 Å². The Morgan fingerprint density at radius 1 is 1.07 bits per heavy atom. The molecule has 148 valence electrons. The number of amides is 1. The van der Waals surface area contributed by atoms with Crippen LogP contribution in [0.5, 0.6) is 0 Å². The number of rotatable bonds is 4. The zero-order valence-electron chi connectivity index (χ0n) is 16.6. The molecule has 1 unspecified atom stereocenters. The van der Waals surface area contributed by atoms with E-state index < -0.39 is 5.91 Å². The number of fused-ring (bicyclic) bond motifs is 1. The standard InChI is InChI=1S/C25H26N2O2/c1-17(23-11-5-7-19-6-2-3-10-24(19)23)26-22-9-4-8-21(16-22)18-12-14-20(15-13-18)25(28)27-29/h2-3,5-7,10-15,17,21,29H,4,8-9,16H2,1H3,(H,27,28)/t17-,21?/m1/s1. The van der Waals surface area contributed by atoms with Gasteiger partial charge in [0.2, 0.25) is 0 Å². The van der Waals surface area contributed by atoms with Crippen LogP contribution in [0.15, 0.2) is 71.7 Å². The molecule has 1 amide bonds. The van der Waals surface area contributed by atoms with Crippen molar-refractivity contribution in [1.29, 1.82) is 0 Å². The Morgan fingerprint density at radius 3 is 2.62 bits per heavy atom. The Morgan fingerprint density at radius 2 is 1.83 bits per heavy atom. The third-order valence-corrected chi connectivity index (χ3v) is 5.90. The molecule has 29 heavy (non-hydrogen) atoms. The molecular formula is C25H26N2O2. The number of nitrogens with one attached hydrogen (secondary N) is 1. The van der Waals surface area contributed by atoms with E-state index in [1.165, 1.54) is 27.6 Å². The molecule has 4 rings (SSSR count). The molecule has 0 aliphatic heterocycles. The van der Waals surface area contributed by atoms with Gasteiger partial charge in [-0.3, -0.25) is 15.0 Å². The van der Waals surface area contributed by atoms with E-state index in [0.29, 0.717) is 11.5 Å². The van der Waals surface area contributed by atoms with Gasteiger partial charge in [-0.25, -0.2) is 5.48 Å². The first-order valence-corrected chi connectivity index (χ1v) is 10.2. The Labute approximate surface area is 171 Å². The zero-order valence-corrected chi connectivity index (χ0v) is 16.6. The summed E-state index contributed by atoms with van der Waals surface area (Å²) in [5.74, 6) is -0.0557. The largest absolute Gasteiger partial charge is 0.288 e. The van der Waals surface area contributed by atoms with Crippen molar-refractivity contribution in [2.45, 2.75) is 44.6 Å². The molecule has 1 aliphatic carbocycles. The van der Waals surface area contributed by atoms with E-state index >= 15 is 0 Å². The summed E-state index contributed by atoms with van der Waals surface area (Å²) < 4.78 is 0. The lowest BCUT2D eigenvalue weighted by Gasteiger charge is -2.25. The molecular weight excluding hydrogens is 360 g/mol. The molecule has 1 saturated carbocycles. The van der Waals surface area contributed by atoms with Crippen LogP contribution in [0.1, 0.15) is 66.1 Å². The van der Waals surface area contributed by atoms with Gasteiger partial charge in [-0.1, -0.05) is 54.6 Å². The van der Waals surface area contributed by atoms with Gasteiger partial charge < -0.3 is 0 Å². The number of nitrogens with zero attached hydrogens (tertiary/aromatic N) is 1. The van der Waals surface area contributed by atoms with Crippen molar-refractivity contribution in [2.75, 3.05) is 0 Å². The monoisotopic (exact) mass is 386 g/mol. The minimum absolute atomic E-state index is 0.130. The van der Waals surface area contributed by atoms with Gasteiger partial charge in [-0.2, -0.15) is 0 Å². The van der Waals surface area contributed by atoms with Crippen LogP contribution in [0.4, 0.5) is 0 Å². The second-order valence-corrected chi connectivity index (χ2v) is 7.80. The molecule has 0 heterocycles. The van der Waals surface area contributed by atoms with Crippen LogP contribution in [0.3, 0.4) is 0 Å². The normalized spacial score (nSPS) is 19.2. The van der Waals surface area contributed by atoms with Crippen molar-refractivity contribution in [3.8, 4) is 0 Å². The summed E-state index contributed by atoms with van der Waals surface area (Å²) in [5.41, 5.74) is 5.92. The minimum atomic E-state index is -0.480. The SMILES string of the molecule is C[C@@H](N=C1CCCC(c2ccc(C(=O)NO)cc2)C1)c1cccc2ccccc12. The van der Waals surface area contributed by atoms with E-state index in [-0.39, 0.29) is 6.04 Å². The van der Waals surface area contributed by atoms with Crippen LogP contribution >= 0.6 is 0 Å². The molecule has 1 fully saturated rings. The van der Waals surface area contributed by atoms with Gasteiger partial charge in [0.1, 0.15) is 0 Å². The third-order valence-electron chi connectivity index (χ3n) is 5.90. The van der Waals surface area contributed by atoms with Gasteiger partial charge in [0.05, 0.1) is 6.04 Å². The van der Waals surface area contributed by atoms with E-state index in [1.54, 1.807) is 17.6 Å². The van der Waals surface area contributed by atoms with Crippen molar-refractivity contribution in [3.63, 3.8) is 0 Å². The smallest absolute Gasteiger partial charge is 0.274 e. The predicted molar refractivity (Wildman–Crippen MR) is 117 cm³/mol.